The Morgan fingerprint density at radius 3 is 1.14 bits per heavy atom. The topological polar surface area (TPSA) is 112 Å². The zero-order valence-corrected chi connectivity index (χ0v) is 19.4. The lowest BCUT2D eigenvalue weighted by Gasteiger charge is -2.30. The van der Waals surface area contributed by atoms with Crippen LogP contribution in [0.25, 0.3) is 0 Å². The van der Waals surface area contributed by atoms with Gasteiger partial charge in [0.05, 0.1) is 37.4 Å². The second kappa shape index (κ2) is 12.7. The molecule has 0 spiro atoms. The number of hydrogen-bond donors (Lipinski definition) is 4. The van der Waals surface area contributed by atoms with E-state index in [4.69, 9.17) is 20.7 Å². The van der Waals surface area contributed by atoms with Crippen molar-refractivity contribution in [3.8, 4) is 12.1 Å². The third-order valence-corrected chi connectivity index (χ3v) is 5.28. The van der Waals surface area contributed by atoms with Gasteiger partial charge in [-0.1, -0.05) is 60.7 Å². The number of aliphatic hydroxyl groups is 2. The summed E-state index contributed by atoms with van der Waals surface area (Å²) < 4.78 is 76.5. The molecule has 2 rings (SSSR count). The molecule has 0 saturated carbocycles. The van der Waals surface area contributed by atoms with Crippen LogP contribution in [0.4, 0.5) is 26.3 Å². The molecular formula is C24H26F6N4O2. The fourth-order valence-electron chi connectivity index (χ4n) is 2.89. The van der Waals surface area contributed by atoms with E-state index in [1.807, 2.05) is 0 Å². The molecule has 196 valence electrons. The van der Waals surface area contributed by atoms with Gasteiger partial charge in [-0.2, -0.15) is 36.9 Å². The van der Waals surface area contributed by atoms with Crippen molar-refractivity contribution in [3.63, 3.8) is 0 Å². The molecule has 0 unspecified atom stereocenters. The largest absolute Gasteiger partial charge is 0.419 e. The number of aliphatic hydroxyl groups excluding tert-OH is 2. The molecule has 0 heterocycles. The summed E-state index contributed by atoms with van der Waals surface area (Å²) >= 11 is 0. The number of alkyl halides is 6. The average Bonchev–Trinajstić information content (AvgIpc) is 2.85. The van der Waals surface area contributed by atoms with Gasteiger partial charge < -0.3 is 10.2 Å². The van der Waals surface area contributed by atoms with Crippen LogP contribution in [0.2, 0.25) is 0 Å². The van der Waals surface area contributed by atoms with Crippen molar-refractivity contribution in [2.24, 2.45) is 0 Å². The van der Waals surface area contributed by atoms with Crippen molar-refractivity contribution >= 4 is 0 Å². The first kappa shape index (κ1) is 30.9. The Bertz CT molecular complexity index is 938. The van der Waals surface area contributed by atoms with Crippen molar-refractivity contribution < 1.29 is 36.6 Å². The molecule has 0 aliphatic heterocycles. The first-order valence-corrected chi connectivity index (χ1v) is 10.5. The molecule has 0 saturated heterocycles. The predicted molar refractivity (Wildman–Crippen MR) is 119 cm³/mol. The van der Waals surface area contributed by atoms with Gasteiger partial charge in [-0.3, -0.25) is 10.6 Å². The summed E-state index contributed by atoms with van der Waals surface area (Å²) in [6, 6.07) is 16.9. The van der Waals surface area contributed by atoms with Crippen LogP contribution in [0.15, 0.2) is 60.7 Å². The van der Waals surface area contributed by atoms with Crippen LogP contribution in [0, 0.1) is 22.7 Å². The molecular weight excluding hydrogens is 490 g/mol. The van der Waals surface area contributed by atoms with Crippen LogP contribution in [0.3, 0.4) is 0 Å². The molecule has 0 aromatic heterocycles. The lowest BCUT2D eigenvalue weighted by Crippen LogP contribution is -2.55. The van der Waals surface area contributed by atoms with Crippen molar-refractivity contribution in [2.45, 2.75) is 49.4 Å². The quantitative estimate of drug-likeness (QED) is 0.389. The van der Waals surface area contributed by atoms with Gasteiger partial charge in [0, 0.05) is 0 Å². The van der Waals surface area contributed by atoms with Crippen molar-refractivity contribution in [2.75, 3.05) is 13.2 Å². The second-order valence-corrected chi connectivity index (χ2v) is 8.05. The van der Waals surface area contributed by atoms with E-state index in [2.05, 4.69) is 10.6 Å². The normalized spacial score (nSPS) is 16.7. The van der Waals surface area contributed by atoms with Crippen LogP contribution < -0.4 is 10.6 Å². The zero-order valence-electron chi connectivity index (χ0n) is 19.4. The molecule has 0 bridgehead atoms. The highest BCUT2D eigenvalue weighted by molar-refractivity contribution is 5.23. The lowest BCUT2D eigenvalue weighted by atomic mass is 9.99. The Hall–Kier alpha value is -3.16. The summed E-state index contributed by atoms with van der Waals surface area (Å²) in [4.78, 5) is 0. The van der Waals surface area contributed by atoms with Crippen LogP contribution >= 0.6 is 0 Å². The Kier molecular flexibility index (Phi) is 10.9. The third-order valence-electron chi connectivity index (χ3n) is 5.28. The van der Waals surface area contributed by atoms with E-state index >= 15 is 0 Å². The average molecular weight is 516 g/mol. The molecule has 0 fully saturated rings. The van der Waals surface area contributed by atoms with E-state index < -0.39 is 48.7 Å². The maximum Gasteiger partial charge on any atom is 0.419 e. The van der Waals surface area contributed by atoms with E-state index in [9.17, 15) is 26.3 Å². The maximum atomic E-state index is 12.8. The van der Waals surface area contributed by atoms with E-state index in [0.717, 1.165) is 13.8 Å². The van der Waals surface area contributed by atoms with Gasteiger partial charge in [0.1, 0.15) is 0 Å². The van der Waals surface area contributed by atoms with Gasteiger partial charge in [0.2, 0.25) is 11.1 Å². The Morgan fingerprint density at radius 1 is 0.667 bits per heavy atom. The monoisotopic (exact) mass is 516 g/mol. The van der Waals surface area contributed by atoms with Gasteiger partial charge in [0.15, 0.2) is 0 Å². The Balaban J connectivity index is 0.000000360. The standard InChI is InChI=1S/2C12H13F3N2O/c2*1-11(8-16,12(13,14)15)17-10(7-18)9-5-3-2-4-6-9/h2*2-6,10,17-18H,7H2,1H3/t10-,11+;10-,11-/m00/s1. The summed E-state index contributed by atoms with van der Waals surface area (Å²) in [6.07, 6.45) is -9.44. The highest BCUT2D eigenvalue weighted by Crippen LogP contribution is 2.33. The number of halogens is 6. The number of nitrogens with zero attached hydrogens (tertiary/aromatic N) is 2. The SMILES string of the molecule is C[C@@](C#N)(N[C@@H](CO)c1ccccc1)C(F)(F)F.C[C@](C#N)(N[C@@H](CO)c1ccccc1)C(F)(F)F. The van der Waals surface area contributed by atoms with Crippen LogP contribution in [0.5, 0.6) is 0 Å². The fraction of sp³-hybridized carbons (Fsp3) is 0.417. The van der Waals surface area contributed by atoms with Crippen LogP contribution in [-0.2, 0) is 0 Å². The first-order valence-electron chi connectivity index (χ1n) is 10.5. The minimum Gasteiger partial charge on any atom is -0.394 e. The number of hydrogen-bond acceptors (Lipinski definition) is 6. The third kappa shape index (κ3) is 7.93. The summed E-state index contributed by atoms with van der Waals surface area (Å²) in [5, 5.41) is 40.0. The van der Waals surface area contributed by atoms with Crippen molar-refractivity contribution in [3.05, 3.63) is 71.8 Å². The van der Waals surface area contributed by atoms with Crippen molar-refractivity contribution in [1.29, 1.82) is 10.5 Å². The highest BCUT2D eigenvalue weighted by atomic mass is 19.4. The Labute approximate surface area is 204 Å². The molecule has 2 aromatic carbocycles. The lowest BCUT2D eigenvalue weighted by molar-refractivity contribution is -0.177. The van der Waals surface area contributed by atoms with Gasteiger partial charge >= 0.3 is 12.4 Å². The highest BCUT2D eigenvalue weighted by Gasteiger charge is 2.53. The van der Waals surface area contributed by atoms with E-state index in [0.29, 0.717) is 11.1 Å². The summed E-state index contributed by atoms with van der Waals surface area (Å²) in [5.74, 6) is 0. The summed E-state index contributed by atoms with van der Waals surface area (Å²) in [5.41, 5.74) is -4.41. The molecule has 6 nitrogen and oxygen atoms in total. The molecule has 4 N–H and O–H groups in total. The molecule has 2 aromatic rings. The molecule has 4 atom stereocenters. The van der Waals surface area contributed by atoms with E-state index in [1.165, 1.54) is 12.1 Å². The predicted octanol–water partition coefficient (Wildman–Crippen LogP) is 4.31. The first-order chi connectivity index (χ1) is 16.7. The zero-order chi connectivity index (χ0) is 27.6. The minimum absolute atomic E-state index is 0.491. The van der Waals surface area contributed by atoms with Crippen LogP contribution in [0.1, 0.15) is 37.1 Å². The van der Waals surface area contributed by atoms with E-state index in [1.54, 1.807) is 60.7 Å². The van der Waals surface area contributed by atoms with Crippen molar-refractivity contribution in [1.82, 2.24) is 10.6 Å². The van der Waals surface area contributed by atoms with Gasteiger partial charge in [-0.05, 0) is 25.0 Å². The van der Waals surface area contributed by atoms with Gasteiger partial charge in [-0.15, -0.1) is 0 Å². The molecule has 36 heavy (non-hydrogen) atoms. The Morgan fingerprint density at radius 2 is 0.944 bits per heavy atom. The molecule has 0 aliphatic carbocycles. The van der Waals surface area contributed by atoms with Gasteiger partial charge in [-0.25, -0.2) is 0 Å². The minimum atomic E-state index is -4.72. The number of rotatable bonds is 8. The summed E-state index contributed by atoms with van der Waals surface area (Å²) in [6.45, 7) is 0.436. The van der Waals surface area contributed by atoms with E-state index in [-0.39, 0.29) is 0 Å². The van der Waals surface area contributed by atoms with Gasteiger partial charge in [0.25, 0.3) is 0 Å². The molecule has 0 amide bonds. The number of nitriles is 2. The second-order valence-electron chi connectivity index (χ2n) is 8.05. The van der Waals surface area contributed by atoms with Crippen LogP contribution in [-0.4, -0.2) is 46.9 Å². The molecule has 12 heteroatoms. The maximum absolute atomic E-state index is 12.8. The number of nitrogens with one attached hydrogen (secondary N) is 2. The molecule has 0 aliphatic rings. The molecule has 0 radical (unpaired) electrons. The fourth-order valence-corrected chi connectivity index (χ4v) is 2.89. The summed E-state index contributed by atoms with van der Waals surface area (Å²) in [7, 11) is 0. The smallest absolute Gasteiger partial charge is 0.394 e. The number of benzene rings is 2.